The molecule has 0 bridgehead atoms. The first kappa shape index (κ1) is 18.4. The first-order valence-electron chi connectivity index (χ1n) is 6.54. The van der Waals surface area contributed by atoms with Crippen LogP contribution in [0.3, 0.4) is 0 Å². The van der Waals surface area contributed by atoms with Crippen molar-refractivity contribution in [1.82, 2.24) is 10.2 Å². The number of nitrogens with zero attached hydrogens (tertiary/aromatic N) is 1. The van der Waals surface area contributed by atoms with Crippen LogP contribution in [0.25, 0.3) is 0 Å². The highest BCUT2D eigenvalue weighted by atomic mass is 35.5. The number of phenols is 1. The van der Waals surface area contributed by atoms with Crippen LogP contribution >= 0.6 is 12.4 Å². The van der Waals surface area contributed by atoms with Gasteiger partial charge in [0.2, 0.25) is 5.91 Å². The van der Waals surface area contributed by atoms with E-state index in [2.05, 4.69) is 5.32 Å². The quantitative estimate of drug-likeness (QED) is 0.880. The number of hydrogen-bond acceptors (Lipinski definition) is 4. The summed E-state index contributed by atoms with van der Waals surface area (Å²) in [7, 11) is 2.98. The van der Waals surface area contributed by atoms with Gasteiger partial charge in [0, 0.05) is 20.0 Å². The number of carbonyl (C=O) groups is 1. The Morgan fingerprint density at radius 1 is 1.55 bits per heavy atom. The van der Waals surface area contributed by atoms with Crippen LogP contribution in [-0.4, -0.2) is 48.6 Å². The summed E-state index contributed by atoms with van der Waals surface area (Å²) in [5.74, 6) is -2.89. The van der Waals surface area contributed by atoms with Gasteiger partial charge in [-0.25, -0.2) is 8.78 Å². The van der Waals surface area contributed by atoms with E-state index in [0.29, 0.717) is 5.75 Å². The minimum absolute atomic E-state index is 0. The van der Waals surface area contributed by atoms with Crippen molar-refractivity contribution >= 4 is 18.3 Å². The lowest BCUT2D eigenvalue weighted by Crippen LogP contribution is -2.41. The Balaban J connectivity index is 0.00000242. The van der Waals surface area contributed by atoms with E-state index in [-0.39, 0.29) is 30.6 Å². The summed E-state index contributed by atoms with van der Waals surface area (Å²) in [4.78, 5) is 13.5. The number of alkyl halides is 2. The van der Waals surface area contributed by atoms with Crippen LogP contribution in [-0.2, 0) is 11.3 Å². The summed E-state index contributed by atoms with van der Waals surface area (Å²) in [6.07, 6.45) is -0.477. The molecule has 1 heterocycles. The van der Waals surface area contributed by atoms with Gasteiger partial charge in [-0.1, -0.05) is 6.07 Å². The van der Waals surface area contributed by atoms with Gasteiger partial charge in [0.15, 0.2) is 11.5 Å². The number of likely N-dealkylation sites (N-methyl/N-ethyl adjacent to an activating group) is 1. The van der Waals surface area contributed by atoms with Crippen molar-refractivity contribution in [2.24, 2.45) is 0 Å². The molecule has 5 nitrogen and oxygen atoms in total. The first-order chi connectivity index (χ1) is 9.82. The zero-order valence-electron chi connectivity index (χ0n) is 12.3. The van der Waals surface area contributed by atoms with Gasteiger partial charge in [0.25, 0.3) is 5.92 Å². The minimum Gasteiger partial charge on any atom is -0.504 e. The molecule has 1 aliphatic heterocycles. The number of rotatable bonds is 4. The molecule has 1 aliphatic rings. The van der Waals surface area contributed by atoms with Gasteiger partial charge in [0.05, 0.1) is 19.7 Å². The minimum atomic E-state index is -2.83. The van der Waals surface area contributed by atoms with Gasteiger partial charge < -0.3 is 14.7 Å². The number of methoxy groups -OCH3 is 1. The molecule has 1 amide bonds. The Hall–Kier alpha value is -1.60. The Morgan fingerprint density at radius 3 is 2.77 bits per heavy atom. The maximum atomic E-state index is 13.1. The second-order valence-corrected chi connectivity index (χ2v) is 5.19. The average Bonchev–Trinajstić information content (AvgIpc) is 2.80. The third-order valence-electron chi connectivity index (χ3n) is 3.45. The van der Waals surface area contributed by atoms with E-state index in [0.717, 1.165) is 5.56 Å². The smallest absolute Gasteiger partial charge is 0.262 e. The SMILES string of the molecule is COc1cc(CN(C)C(=O)C2CC(F)(F)CN2)ccc1O.Cl. The summed E-state index contributed by atoms with van der Waals surface area (Å²) in [6, 6.07) is 3.87. The van der Waals surface area contributed by atoms with Crippen LogP contribution in [0.1, 0.15) is 12.0 Å². The van der Waals surface area contributed by atoms with Gasteiger partial charge in [-0.3, -0.25) is 10.1 Å². The van der Waals surface area contributed by atoms with E-state index >= 15 is 0 Å². The van der Waals surface area contributed by atoms with Crippen LogP contribution in [0.15, 0.2) is 18.2 Å². The molecule has 0 radical (unpaired) electrons. The molecule has 0 aromatic heterocycles. The predicted molar refractivity (Wildman–Crippen MR) is 79.7 cm³/mol. The lowest BCUT2D eigenvalue weighted by molar-refractivity contribution is -0.132. The van der Waals surface area contributed by atoms with Crippen molar-refractivity contribution < 1.29 is 23.4 Å². The average molecular weight is 337 g/mol. The normalized spacial score (nSPS) is 19.4. The number of phenolic OH excluding ortho intramolecular Hbond substituents is 1. The summed E-state index contributed by atoms with van der Waals surface area (Å²) < 4.78 is 31.2. The van der Waals surface area contributed by atoms with Crippen molar-refractivity contribution in [2.45, 2.75) is 24.9 Å². The highest BCUT2D eigenvalue weighted by molar-refractivity contribution is 5.85. The van der Waals surface area contributed by atoms with E-state index in [1.165, 1.54) is 18.1 Å². The van der Waals surface area contributed by atoms with E-state index in [1.807, 2.05) is 0 Å². The molecule has 2 N–H and O–H groups in total. The van der Waals surface area contributed by atoms with Crippen LogP contribution in [0.5, 0.6) is 11.5 Å². The summed E-state index contributed by atoms with van der Waals surface area (Å²) in [5.41, 5.74) is 0.741. The Morgan fingerprint density at radius 2 is 2.23 bits per heavy atom. The third kappa shape index (κ3) is 4.20. The number of nitrogens with one attached hydrogen (secondary N) is 1. The Kier molecular flexibility index (Phi) is 5.96. The number of amides is 1. The fourth-order valence-electron chi connectivity index (χ4n) is 2.33. The summed E-state index contributed by atoms with van der Waals surface area (Å²) in [5, 5.41) is 12.0. The standard InChI is InChI=1S/C14H18F2N2O3.ClH/c1-18(13(20)10-6-14(15,16)8-17-10)7-9-3-4-11(19)12(5-9)21-2;/h3-5,10,17,19H,6-8H2,1-2H3;1H. The number of benzene rings is 1. The van der Waals surface area contributed by atoms with Crippen molar-refractivity contribution in [2.75, 3.05) is 20.7 Å². The van der Waals surface area contributed by atoms with Crippen LogP contribution in [0.4, 0.5) is 8.78 Å². The van der Waals surface area contributed by atoms with Gasteiger partial charge in [-0.2, -0.15) is 0 Å². The summed E-state index contributed by atoms with van der Waals surface area (Å²) in [6.45, 7) is -0.219. The van der Waals surface area contributed by atoms with E-state index < -0.39 is 24.9 Å². The molecule has 2 rings (SSSR count). The van der Waals surface area contributed by atoms with Crippen LogP contribution in [0, 0.1) is 0 Å². The number of carbonyl (C=O) groups excluding carboxylic acids is 1. The van der Waals surface area contributed by atoms with Gasteiger partial charge in [0.1, 0.15) is 0 Å². The van der Waals surface area contributed by atoms with Crippen LogP contribution in [0.2, 0.25) is 0 Å². The predicted octanol–water partition coefficient (Wildman–Crippen LogP) is 1.78. The molecule has 8 heteroatoms. The molecule has 1 saturated heterocycles. The molecule has 1 atom stereocenters. The zero-order chi connectivity index (χ0) is 15.6. The van der Waals surface area contributed by atoms with Crippen molar-refractivity contribution in [3.8, 4) is 11.5 Å². The molecule has 1 aromatic rings. The monoisotopic (exact) mass is 336 g/mol. The fourth-order valence-corrected chi connectivity index (χ4v) is 2.33. The highest BCUT2D eigenvalue weighted by Gasteiger charge is 2.43. The molecule has 1 unspecified atom stereocenters. The largest absolute Gasteiger partial charge is 0.504 e. The maximum absolute atomic E-state index is 13.1. The van der Waals surface area contributed by atoms with Crippen molar-refractivity contribution in [1.29, 1.82) is 0 Å². The second kappa shape index (κ2) is 7.11. The van der Waals surface area contributed by atoms with Crippen LogP contribution < -0.4 is 10.1 Å². The second-order valence-electron chi connectivity index (χ2n) is 5.19. The molecule has 0 spiro atoms. The highest BCUT2D eigenvalue weighted by Crippen LogP contribution is 2.28. The topological polar surface area (TPSA) is 61.8 Å². The Labute approximate surface area is 133 Å². The molecular weight excluding hydrogens is 318 g/mol. The molecule has 0 saturated carbocycles. The molecule has 0 aliphatic carbocycles. The number of halogens is 3. The van der Waals surface area contributed by atoms with Gasteiger partial charge in [-0.05, 0) is 17.7 Å². The van der Waals surface area contributed by atoms with Gasteiger partial charge >= 0.3 is 0 Å². The molecule has 1 aromatic carbocycles. The van der Waals surface area contributed by atoms with E-state index in [1.54, 1.807) is 19.2 Å². The van der Waals surface area contributed by atoms with Crippen molar-refractivity contribution in [3.05, 3.63) is 23.8 Å². The van der Waals surface area contributed by atoms with E-state index in [9.17, 15) is 18.7 Å². The zero-order valence-corrected chi connectivity index (χ0v) is 13.1. The first-order valence-corrected chi connectivity index (χ1v) is 6.54. The van der Waals surface area contributed by atoms with E-state index in [4.69, 9.17) is 4.74 Å². The molecular formula is C14H19ClF2N2O3. The number of hydrogen-bond donors (Lipinski definition) is 2. The van der Waals surface area contributed by atoms with Crippen molar-refractivity contribution in [3.63, 3.8) is 0 Å². The lowest BCUT2D eigenvalue weighted by atomic mass is 10.1. The van der Waals surface area contributed by atoms with Gasteiger partial charge in [-0.15, -0.1) is 12.4 Å². The fraction of sp³-hybridized carbons (Fsp3) is 0.500. The molecule has 124 valence electrons. The number of ether oxygens (including phenoxy) is 1. The summed E-state index contributed by atoms with van der Waals surface area (Å²) >= 11 is 0. The molecule has 1 fully saturated rings. The number of aromatic hydroxyl groups is 1. The Bertz CT molecular complexity index is 543. The molecule has 22 heavy (non-hydrogen) atoms. The maximum Gasteiger partial charge on any atom is 0.262 e. The third-order valence-corrected chi connectivity index (χ3v) is 3.45. The lowest BCUT2D eigenvalue weighted by Gasteiger charge is -2.21.